The zero-order chi connectivity index (χ0) is 21.4. The molecule has 2 unspecified atom stereocenters. The minimum absolute atomic E-state index is 0.0897. The van der Waals surface area contributed by atoms with E-state index >= 15 is 0 Å². The van der Waals surface area contributed by atoms with Crippen molar-refractivity contribution in [3.05, 3.63) is 59.7 Å². The first-order valence-corrected chi connectivity index (χ1v) is 12.8. The van der Waals surface area contributed by atoms with Crippen LogP contribution in [0.4, 0.5) is 0 Å². The maximum Gasteiger partial charge on any atom is 0.248 e. The first-order chi connectivity index (χ1) is 15.0. The number of fused-ring (bicyclic) bond motifs is 2. The largest absolute Gasteiger partial charge is 0.454 e. The van der Waals surface area contributed by atoms with Gasteiger partial charge in [-0.2, -0.15) is 4.99 Å². The molecule has 0 bridgehead atoms. The summed E-state index contributed by atoms with van der Waals surface area (Å²) in [5.74, 6) is 1.40. The Morgan fingerprint density at radius 2 is 1.87 bits per heavy atom. The highest BCUT2D eigenvalue weighted by Gasteiger charge is 2.48. The van der Waals surface area contributed by atoms with E-state index in [1.165, 1.54) is 11.8 Å². The van der Waals surface area contributed by atoms with E-state index in [-0.39, 0.29) is 35.5 Å². The SMILES string of the molecule is O=C(CCc1ccccc1)N=C1SC2CS(=O)(=O)CC2N1Cc1ccc2c(c1)OCO2. The number of thioether (sulfide) groups is 1. The smallest absolute Gasteiger partial charge is 0.248 e. The Kier molecular flexibility index (Phi) is 5.39. The van der Waals surface area contributed by atoms with Crippen LogP contribution in [0.1, 0.15) is 17.5 Å². The molecule has 7 nitrogen and oxygen atoms in total. The number of aryl methyl sites for hydroxylation is 1. The van der Waals surface area contributed by atoms with Crippen LogP contribution in [0.2, 0.25) is 0 Å². The summed E-state index contributed by atoms with van der Waals surface area (Å²) in [4.78, 5) is 18.9. The van der Waals surface area contributed by atoms with Gasteiger partial charge in [0.25, 0.3) is 0 Å². The summed E-state index contributed by atoms with van der Waals surface area (Å²) in [5.41, 5.74) is 2.05. The van der Waals surface area contributed by atoms with Gasteiger partial charge in [-0.1, -0.05) is 48.2 Å². The molecule has 0 N–H and O–H groups in total. The second-order valence-corrected chi connectivity index (χ2v) is 11.2. The van der Waals surface area contributed by atoms with Crippen LogP contribution >= 0.6 is 11.8 Å². The van der Waals surface area contributed by atoms with Gasteiger partial charge >= 0.3 is 0 Å². The standard InChI is InChI=1S/C22H22N2O5S2/c25-21(9-7-15-4-2-1-3-5-15)23-22-24(17-12-31(26,27)13-20(17)30-22)11-16-6-8-18-19(10-16)29-14-28-18/h1-6,8,10,17,20H,7,9,11-14H2. The summed E-state index contributed by atoms with van der Waals surface area (Å²) in [6, 6.07) is 15.3. The van der Waals surface area contributed by atoms with E-state index in [2.05, 4.69) is 4.99 Å². The molecular weight excluding hydrogens is 436 g/mol. The molecule has 5 rings (SSSR count). The average molecular weight is 459 g/mol. The van der Waals surface area contributed by atoms with E-state index in [0.29, 0.717) is 36.1 Å². The van der Waals surface area contributed by atoms with Crippen LogP contribution in [0, 0.1) is 0 Å². The van der Waals surface area contributed by atoms with Crippen LogP contribution in [0.3, 0.4) is 0 Å². The van der Waals surface area contributed by atoms with E-state index in [0.717, 1.165) is 11.1 Å². The van der Waals surface area contributed by atoms with Gasteiger partial charge in [-0.15, -0.1) is 0 Å². The van der Waals surface area contributed by atoms with Gasteiger partial charge in [-0.25, -0.2) is 8.42 Å². The van der Waals surface area contributed by atoms with Crippen molar-refractivity contribution in [3.8, 4) is 11.5 Å². The summed E-state index contributed by atoms with van der Waals surface area (Å²) in [6.07, 6.45) is 0.948. The highest BCUT2D eigenvalue weighted by Crippen LogP contribution is 2.40. The lowest BCUT2D eigenvalue weighted by atomic mass is 10.1. The molecule has 0 spiro atoms. The first-order valence-electron chi connectivity index (χ1n) is 10.1. The molecule has 3 aliphatic heterocycles. The molecule has 1 amide bonds. The van der Waals surface area contributed by atoms with Gasteiger partial charge in [-0.3, -0.25) is 4.79 Å². The minimum atomic E-state index is -3.09. The molecule has 2 aromatic carbocycles. The lowest BCUT2D eigenvalue weighted by molar-refractivity contribution is -0.117. The molecule has 3 aliphatic rings. The van der Waals surface area contributed by atoms with Crippen LogP contribution in [-0.2, 0) is 27.6 Å². The number of amides is 1. The topological polar surface area (TPSA) is 85.3 Å². The molecule has 2 fully saturated rings. The molecule has 0 radical (unpaired) electrons. The summed E-state index contributed by atoms with van der Waals surface area (Å²) >= 11 is 1.41. The molecule has 2 atom stereocenters. The summed E-state index contributed by atoms with van der Waals surface area (Å²) in [6.45, 7) is 0.662. The third kappa shape index (κ3) is 4.43. The zero-order valence-corrected chi connectivity index (χ0v) is 18.4. The number of carbonyl (C=O) groups excluding carboxylic acids is 1. The van der Waals surface area contributed by atoms with Crippen molar-refractivity contribution in [1.82, 2.24) is 4.90 Å². The number of hydrogen-bond acceptors (Lipinski definition) is 6. The third-order valence-corrected chi connectivity index (χ3v) is 8.90. The third-order valence-electron chi connectivity index (χ3n) is 5.66. The second-order valence-electron chi connectivity index (χ2n) is 7.89. The maximum absolute atomic E-state index is 12.6. The number of benzene rings is 2. The van der Waals surface area contributed by atoms with Gasteiger partial charge in [0, 0.05) is 18.2 Å². The quantitative estimate of drug-likeness (QED) is 0.681. The highest BCUT2D eigenvalue weighted by molar-refractivity contribution is 8.15. The molecule has 2 aromatic rings. The van der Waals surface area contributed by atoms with Gasteiger partial charge in [0.2, 0.25) is 12.7 Å². The predicted molar refractivity (Wildman–Crippen MR) is 119 cm³/mol. The number of amidine groups is 1. The fourth-order valence-corrected chi connectivity index (χ4v) is 8.08. The summed E-state index contributed by atoms with van der Waals surface area (Å²) in [5, 5.41) is 0.514. The number of sulfone groups is 1. The number of aliphatic imine (C=N–C) groups is 1. The van der Waals surface area contributed by atoms with Gasteiger partial charge < -0.3 is 14.4 Å². The van der Waals surface area contributed by atoms with E-state index in [9.17, 15) is 13.2 Å². The van der Waals surface area contributed by atoms with Crippen LogP contribution in [-0.4, -0.2) is 54.0 Å². The molecule has 3 heterocycles. The van der Waals surface area contributed by atoms with Crippen molar-refractivity contribution in [1.29, 1.82) is 0 Å². The van der Waals surface area contributed by atoms with Gasteiger partial charge in [-0.05, 0) is 29.7 Å². The molecule has 9 heteroatoms. The van der Waals surface area contributed by atoms with E-state index in [1.807, 2.05) is 53.4 Å². The molecule has 2 saturated heterocycles. The van der Waals surface area contributed by atoms with Crippen molar-refractivity contribution >= 4 is 32.7 Å². The Morgan fingerprint density at radius 1 is 1.06 bits per heavy atom. The van der Waals surface area contributed by atoms with Crippen molar-refractivity contribution < 1.29 is 22.7 Å². The van der Waals surface area contributed by atoms with Gasteiger partial charge in [0.05, 0.1) is 17.5 Å². The Labute approximate surface area is 185 Å². The molecule has 0 aliphatic carbocycles. The molecule has 0 aromatic heterocycles. The lowest BCUT2D eigenvalue weighted by Crippen LogP contribution is -2.37. The van der Waals surface area contributed by atoms with Crippen LogP contribution < -0.4 is 9.47 Å². The van der Waals surface area contributed by atoms with Crippen molar-refractivity contribution in [2.75, 3.05) is 18.3 Å². The molecule has 31 heavy (non-hydrogen) atoms. The number of rotatable bonds is 5. The Hall–Kier alpha value is -2.52. The first kappa shape index (κ1) is 20.4. The van der Waals surface area contributed by atoms with Crippen molar-refractivity contribution in [2.45, 2.75) is 30.7 Å². The van der Waals surface area contributed by atoms with Crippen LogP contribution in [0.15, 0.2) is 53.5 Å². The maximum atomic E-state index is 12.6. The summed E-state index contributed by atoms with van der Waals surface area (Å²) < 4.78 is 35.2. The van der Waals surface area contributed by atoms with E-state index in [1.54, 1.807) is 0 Å². The van der Waals surface area contributed by atoms with Crippen molar-refractivity contribution in [2.24, 2.45) is 4.99 Å². The fraction of sp³-hybridized carbons (Fsp3) is 0.364. The predicted octanol–water partition coefficient (Wildman–Crippen LogP) is 2.65. The Bertz CT molecular complexity index is 1130. The molecular formula is C22H22N2O5S2. The Balaban J connectivity index is 1.35. The monoisotopic (exact) mass is 458 g/mol. The number of ether oxygens (including phenoxy) is 2. The van der Waals surface area contributed by atoms with E-state index < -0.39 is 9.84 Å². The number of carbonyl (C=O) groups is 1. The fourth-order valence-electron chi connectivity index (χ4n) is 4.12. The normalized spacial score (nSPS) is 24.5. The number of nitrogens with zero attached hydrogens (tertiary/aromatic N) is 2. The highest BCUT2D eigenvalue weighted by atomic mass is 32.2. The molecule has 0 saturated carbocycles. The van der Waals surface area contributed by atoms with Gasteiger partial charge in [0.1, 0.15) is 0 Å². The van der Waals surface area contributed by atoms with Crippen LogP contribution in [0.25, 0.3) is 0 Å². The average Bonchev–Trinajstić information content (AvgIpc) is 3.41. The summed E-state index contributed by atoms with van der Waals surface area (Å²) in [7, 11) is -3.09. The zero-order valence-electron chi connectivity index (χ0n) is 16.8. The second kappa shape index (κ2) is 8.20. The molecule has 162 valence electrons. The van der Waals surface area contributed by atoms with Crippen LogP contribution in [0.5, 0.6) is 11.5 Å². The van der Waals surface area contributed by atoms with E-state index in [4.69, 9.17) is 9.47 Å². The minimum Gasteiger partial charge on any atom is -0.454 e. The van der Waals surface area contributed by atoms with Crippen molar-refractivity contribution in [3.63, 3.8) is 0 Å². The number of hydrogen-bond donors (Lipinski definition) is 0. The van der Waals surface area contributed by atoms with Gasteiger partial charge in [0.15, 0.2) is 26.5 Å². The Morgan fingerprint density at radius 3 is 2.71 bits per heavy atom. The lowest BCUT2D eigenvalue weighted by Gasteiger charge is -2.24.